The molecule has 6 heteroatoms. The van der Waals surface area contributed by atoms with Crippen molar-refractivity contribution in [1.29, 1.82) is 0 Å². The zero-order valence-electron chi connectivity index (χ0n) is 11.2. The highest BCUT2D eigenvalue weighted by molar-refractivity contribution is 8.06. The molecule has 1 heterocycles. The summed E-state index contributed by atoms with van der Waals surface area (Å²) in [6.45, 7) is 4.43. The zero-order chi connectivity index (χ0) is 13.9. The summed E-state index contributed by atoms with van der Waals surface area (Å²) in [5.41, 5.74) is 2.11. The number of aryl methyl sites for hydroxylation is 2. The van der Waals surface area contributed by atoms with Crippen LogP contribution in [0.15, 0.2) is 23.1 Å². The van der Waals surface area contributed by atoms with Gasteiger partial charge >= 0.3 is 0 Å². The van der Waals surface area contributed by atoms with Gasteiger partial charge in [0.1, 0.15) is 0 Å². The molecular formula is C13H19NO2S3. The Hall–Kier alpha value is -0.170. The van der Waals surface area contributed by atoms with Gasteiger partial charge in [-0.1, -0.05) is 6.07 Å². The maximum Gasteiger partial charge on any atom is 0.240 e. The van der Waals surface area contributed by atoms with Gasteiger partial charge in [-0.15, -0.1) is 0 Å². The first-order valence-electron chi connectivity index (χ1n) is 6.25. The SMILES string of the molecule is Cc1ccc(S(=O)(=O)NC[C@@H]2CSCCS2)cc1C. The minimum Gasteiger partial charge on any atom is -0.210 e. The minimum atomic E-state index is -3.37. The van der Waals surface area contributed by atoms with Gasteiger partial charge in [0.2, 0.25) is 10.0 Å². The van der Waals surface area contributed by atoms with Crippen molar-refractivity contribution in [2.45, 2.75) is 24.0 Å². The van der Waals surface area contributed by atoms with E-state index < -0.39 is 10.0 Å². The van der Waals surface area contributed by atoms with E-state index in [4.69, 9.17) is 0 Å². The van der Waals surface area contributed by atoms with E-state index in [1.165, 1.54) is 5.75 Å². The lowest BCUT2D eigenvalue weighted by Crippen LogP contribution is -2.33. The normalized spacial score (nSPS) is 20.4. The molecule has 1 fully saturated rings. The lowest BCUT2D eigenvalue weighted by Gasteiger charge is -2.21. The molecule has 1 aliphatic heterocycles. The van der Waals surface area contributed by atoms with Crippen LogP contribution in [-0.4, -0.2) is 37.5 Å². The van der Waals surface area contributed by atoms with Crippen LogP contribution in [0.5, 0.6) is 0 Å². The summed E-state index contributed by atoms with van der Waals surface area (Å²) in [7, 11) is -3.37. The summed E-state index contributed by atoms with van der Waals surface area (Å²) in [5, 5.41) is 0.389. The molecule has 0 aromatic heterocycles. The van der Waals surface area contributed by atoms with Crippen LogP contribution in [0.4, 0.5) is 0 Å². The highest BCUT2D eigenvalue weighted by atomic mass is 32.2. The summed E-state index contributed by atoms with van der Waals surface area (Å²) >= 11 is 3.76. The molecule has 0 aliphatic carbocycles. The minimum absolute atomic E-state index is 0.365. The van der Waals surface area contributed by atoms with Crippen LogP contribution >= 0.6 is 23.5 Å². The van der Waals surface area contributed by atoms with E-state index in [1.807, 2.05) is 43.4 Å². The van der Waals surface area contributed by atoms with Gasteiger partial charge in [0.25, 0.3) is 0 Å². The monoisotopic (exact) mass is 317 g/mol. The zero-order valence-corrected chi connectivity index (χ0v) is 13.6. The molecule has 1 aliphatic rings. The van der Waals surface area contributed by atoms with E-state index in [2.05, 4.69) is 4.72 Å². The fourth-order valence-corrected chi connectivity index (χ4v) is 5.71. The van der Waals surface area contributed by atoms with Crippen LogP contribution in [-0.2, 0) is 10.0 Å². The van der Waals surface area contributed by atoms with E-state index in [1.54, 1.807) is 12.1 Å². The van der Waals surface area contributed by atoms with Crippen molar-refractivity contribution >= 4 is 33.5 Å². The van der Waals surface area contributed by atoms with Crippen LogP contribution in [0.2, 0.25) is 0 Å². The highest BCUT2D eigenvalue weighted by Crippen LogP contribution is 2.24. The predicted octanol–water partition coefficient (Wildman–Crippen LogP) is 2.43. The van der Waals surface area contributed by atoms with E-state index >= 15 is 0 Å². The number of thioether (sulfide) groups is 2. The van der Waals surface area contributed by atoms with Crippen molar-refractivity contribution in [3.63, 3.8) is 0 Å². The average molecular weight is 318 g/mol. The van der Waals surface area contributed by atoms with Gasteiger partial charge in [-0.05, 0) is 37.1 Å². The second-order valence-corrected chi connectivity index (χ2v) is 8.99. The Kier molecular flexibility index (Phi) is 5.22. The fraction of sp³-hybridized carbons (Fsp3) is 0.538. The molecule has 19 heavy (non-hydrogen) atoms. The van der Waals surface area contributed by atoms with Crippen LogP contribution in [0.25, 0.3) is 0 Å². The van der Waals surface area contributed by atoms with Crippen molar-refractivity contribution in [1.82, 2.24) is 4.72 Å². The number of benzene rings is 1. The number of rotatable bonds is 4. The topological polar surface area (TPSA) is 46.2 Å². The van der Waals surface area contributed by atoms with Gasteiger partial charge < -0.3 is 0 Å². The summed E-state index contributed by atoms with van der Waals surface area (Å²) in [6.07, 6.45) is 0. The third kappa shape index (κ3) is 4.15. The molecule has 1 aromatic rings. The molecule has 1 atom stereocenters. The second-order valence-electron chi connectivity index (χ2n) is 4.67. The Morgan fingerprint density at radius 3 is 2.68 bits per heavy atom. The van der Waals surface area contributed by atoms with E-state index in [9.17, 15) is 8.42 Å². The molecule has 1 N–H and O–H groups in total. The van der Waals surface area contributed by atoms with Crippen LogP contribution in [0.3, 0.4) is 0 Å². The van der Waals surface area contributed by atoms with Gasteiger partial charge in [-0.25, -0.2) is 13.1 Å². The average Bonchev–Trinajstić information content (AvgIpc) is 2.41. The first-order chi connectivity index (χ1) is 8.99. The van der Waals surface area contributed by atoms with Crippen molar-refractivity contribution in [2.75, 3.05) is 23.8 Å². The first kappa shape index (κ1) is 15.2. The molecule has 2 rings (SSSR count). The van der Waals surface area contributed by atoms with Crippen LogP contribution < -0.4 is 4.72 Å². The summed E-state index contributed by atoms with van der Waals surface area (Å²) in [6, 6.07) is 5.27. The molecular weight excluding hydrogens is 298 g/mol. The van der Waals surface area contributed by atoms with Gasteiger partial charge in [-0.3, -0.25) is 0 Å². The van der Waals surface area contributed by atoms with E-state index in [0.717, 1.165) is 22.6 Å². The van der Waals surface area contributed by atoms with Gasteiger partial charge in [-0.2, -0.15) is 23.5 Å². The maximum absolute atomic E-state index is 12.2. The third-order valence-corrected chi connectivity index (χ3v) is 7.44. The fourth-order valence-electron chi connectivity index (χ4n) is 1.82. The van der Waals surface area contributed by atoms with Crippen molar-refractivity contribution < 1.29 is 8.42 Å². The molecule has 0 saturated carbocycles. The van der Waals surface area contributed by atoms with Crippen molar-refractivity contribution in [3.05, 3.63) is 29.3 Å². The van der Waals surface area contributed by atoms with Crippen LogP contribution in [0.1, 0.15) is 11.1 Å². The lowest BCUT2D eigenvalue weighted by molar-refractivity contribution is 0.581. The van der Waals surface area contributed by atoms with Crippen molar-refractivity contribution in [2.24, 2.45) is 0 Å². The Labute approximate surface area is 124 Å². The Balaban J connectivity index is 2.02. The van der Waals surface area contributed by atoms with Crippen LogP contribution in [0, 0.1) is 13.8 Å². The van der Waals surface area contributed by atoms with E-state index in [-0.39, 0.29) is 0 Å². The van der Waals surface area contributed by atoms with Gasteiger partial charge in [0, 0.05) is 29.1 Å². The quantitative estimate of drug-likeness (QED) is 0.926. The summed E-state index contributed by atoms with van der Waals surface area (Å²) in [5.74, 6) is 3.31. The highest BCUT2D eigenvalue weighted by Gasteiger charge is 2.19. The Bertz CT molecular complexity index is 537. The largest absolute Gasteiger partial charge is 0.240 e. The second kappa shape index (κ2) is 6.52. The molecule has 1 saturated heterocycles. The molecule has 1 aromatic carbocycles. The number of nitrogens with one attached hydrogen (secondary N) is 1. The molecule has 0 bridgehead atoms. The van der Waals surface area contributed by atoms with E-state index in [0.29, 0.717) is 16.7 Å². The lowest BCUT2D eigenvalue weighted by atomic mass is 10.1. The molecule has 0 spiro atoms. The molecule has 3 nitrogen and oxygen atoms in total. The third-order valence-electron chi connectivity index (χ3n) is 3.17. The standard InChI is InChI=1S/C13H19NO2S3/c1-10-3-4-13(7-11(10)2)19(15,16)14-8-12-9-17-5-6-18-12/h3-4,7,12,14H,5-6,8-9H2,1-2H3/t12-/m1/s1. The molecule has 0 radical (unpaired) electrons. The maximum atomic E-state index is 12.2. The Morgan fingerprint density at radius 2 is 2.05 bits per heavy atom. The number of sulfonamides is 1. The van der Waals surface area contributed by atoms with Crippen molar-refractivity contribution in [3.8, 4) is 0 Å². The molecule has 0 unspecified atom stereocenters. The first-order valence-corrected chi connectivity index (χ1v) is 9.94. The van der Waals surface area contributed by atoms with Gasteiger partial charge in [0.15, 0.2) is 0 Å². The summed E-state index contributed by atoms with van der Waals surface area (Å²) < 4.78 is 27.2. The molecule has 106 valence electrons. The Morgan fingerprint density at radius 1 is 1.26 bits per heavy atom. The van der Waals surface area contributed by atoms with Gasteiger partial charge in [0.05, 0.1) is 4.90 Å². The molecule has 0 amide bonds. The number of hydrogen-bond donors (Lipinski definition) is 1. The summed E-state index contributed by atoms with van der Waals surface area (Å²) in [4.78, 5) is 0.365. The predicted molar refractivity (Wildman–Crippen MR) is 84.7 cm³/mol. The number of hydrogen-bond acceptors (Lipinski definition) is 4. The smallest absolute Gasteiger partial charge is 0.210 e.